The van der Waals surface area contributed by atoms with Gasteiger partial charge in [0.2, 0.25) is 5.91 Å². The monoisotopic (exact) mass is 263 g/mol. The lowest BCUT2D eigenvalue weighted by molar-refractivity contribution is -0.116. The molecule has 0 aliphatic rings. The van der Waals surface area contributed by atoms with Crippen LogP contribution < -0.4 is 10.6 Å². The van der Waals surface area contributed by atoms with Crippen molar-refractivity contribution in [1.82, 2.24) is 4.90 Å². The highest BCUT2D eigenvalue weighted by Crippen LogP contribution is 2.13. The van der Waals surface area contributed by atoms with Crippen molar-refractivity contribution in [2.45, 2.75) is 26.2 Å². The second-order valence-electron chi connectivity index (χ2n) is 4.96. The number of anilines is 2. The summed E-state index contributed by atoms with van der Waals surface area (Å²) in [5, 5.41) is 6.24. The van der Waals surface area contributed by atoms with Crippen LogP contribution in [0.2, 0.25) is 0 Å². The van der Waals surface area contributed by atoms with Crippen molar-refractivity contribution in [3.8, 4) is 0 Å². The molecule has 0 aromatic heterocycles. The molecule has 0 bridgehead atoms. The fourth-order valence-electron chi connectivity index (χ4n) is 1.66. The number of nitrogens with one attached hydrogen (secondary N) is 2. The first kappa shape index (κ1) is 15.5. The summed E-state index contributed by atoms with van der Waals surface area (Å²) in [7, 11) is 4.10. The number of rotatable bonds is 8. The molecule has 0 heterocycles. The molecule has 19 heavy (non-hydrogen) atoms. The fourth-order valence-corrected chi connectivity index (χ4v) is 1.66. The smallest absolute Gasteiger partial charge is 0.224 e. The van der Waals surface area contributed by atoms with E-state index in [9.17, 15) is 4.79 Å². The summed E-state index contributed by atoms with van der Waals surface area (Å²) in [5.74, 6) is 0.0927. The van der Waals surface area contributed by atoms with Gasteiger partial charge in [0.1, 0.15) is 0 Å². The Morgan fingerprint density at radius 1 is 1.16 bits per heavy atom. The van der Waals surface area contributed by atoms with Gasteiger partial charge in [-0.3, -0.25) is 4.79 Å². The highest BCUT2D eigenvalue weighted by atomic mass is 16.1. The molecule has 2 N–H and O–H groups in total. The van der Waals surface area contributed by atoms with Gasteiger partial charge in [-0.25, -0.2) is 0 Å². The lowest BCUT2D eigenvalue weighted by Gasteiger charge is -2.12. The predicted molar refractivity (Wildman–Crippen MR) is 81.6 cm³/mol. The van der Waals surface area contributed by atoms with Crippen molar-refractivity contribution in [3.63, 3.8) is 0 Å². The third-order valence-electron chi connectivity index (χ3n) is 2.81. The predicted octanol–water partition coefficient (Wildman–Crippen LogP) is 2.79. The summed E-state index contributed by atoms with van der Waals surface area (Å²) in [6.07, 6.45) is 2.58. The minimum Gasteiger partial charge on any atom is -0.384 e. The number of carbonyl (C=O) groups excluding carboxylic acids is 1. The Morgan fingerprint density at radius 2 is 1.79 bits per heavy atom. The third kappa shape index (κ3) is 6.82. The number of hydrogen-bond acceptors (Lipinski definition) is 3. The summed E-state index contributed by atoms with van der Waals surface area (Å²) >= 11 is 0. The second kappa shape index (κ2) is 8.53. The summed E-state index contributed by atoms with van der Waals surface area (Å²) in [4.78, 5) is 13.7. The average Bonchev–Trinajstić information content (AvgIpc) is 2.38. The van der Waals surface area contributed by atoms with Gasteiger partial charge >= 0.3 is 0 Å². The van der Waals surface area contributed by atoms with E-state index in [0.717, 1.165) is 37.3 Å². The lowest BCUT2D eigenvalue weighted by atomic mass is 10.2. The molecule has 0 unspecified atom stereocenters. The Bertz CT molecular complexity index is 373. The first-order valence-corrected chi connectivity index (χ1v) is 6.90. The Balaban J connectivity index is 2.36. The zero-order chi connectivity index (χ0) is 14.1. The topological polar surface area (TPSA) is 44.4 Å². The van der Waals surface area contributed by atoms with Gasteiger partial charge in [0.25, 0.3) is 0 Å². The van der Waals surface area contributed by atoms with Gasteiger partial charge in [0, 0.05) is 30.9 Å². The van der Waals surface area contributed by atoms with E-state index >= 15 is 0 Å². The number of amides is 1. The molecule has 0 atom stereocenters. The maximum atomic E-state index is 11.6. The van der Waals surface area contributed by atoms with E-state index in [1.807, 2.05) is 24.3 Å². The minimum atomic E-state index is 0.0927. The van der Waals surface area contributed by atoms with Crippen molar-refractivity contribution < 1.29 is 4.79 Å². The lowest BCUT2D eigenvalue weighted by Crippen LogP contribution is -2.20. The number of benzene rings is 1. The van der Waals surface area contributed by atoms with Gasteiger partial charge in [-0.05, 0) is 44.8 Å². The van der Waals surface area contributed by atoms with Crippen molar-refractivity contribution in [2.75, 3.05) is 37.8 Å². The zero-order valence-corrected chi connectivity index (χ0v) is 12.2. The van der Waals surface area contributed by atoms with Crippen LogP contribution in [0.3, 0.4) is 0 Å². The van der Waals surface area contributed by atoms with Gasteiger partial charge in [0.15, 0.2) is 0 Å². The Labute approximate surface area is 116 Å². The largest absolute Gasteiger partial charge is 0.384 e. The highest BCUT2D eigenvalue weighted by molar-refractivity contribution is 5.90. The number of carbonyl (C=O) groups is 1. The van der Waals surface area contributed by atoms with Crippen molar-refractivity contribution in [1.29, 1.82) is 0 Å². The molecule has 1 amide bonds. The Morgan fingerprint density at radius 3 is 2.37 bits per heavy atom. The van der Waals surface area contributed by atoms with Crippen molar-refractivity contribution in [2.24, 2.45) is 0 Å². The van der Waals surface area contributed by atoms with Crippen LogP contribution >= 0.6 is 0 Å². The van der Waals surface area contributed by atoms with E-state index < -0.39 is 0 Å². The van der Waals surface area contributed by atoms with E-state index in [1.165, 1.54) is 0 Å². The summed E-state index contributed by atoms with van der Waals surface area (Å²) in [5.41, 5.74) is 1.94. The third-order valence-corrected chi connectivity index (χ3v) is 2.81. The van der Waals surface area contributed by atoms with Crippen LogP contribution in [-0.2, 0) is 4.79 Å². The molecule has 1 aromatic carbocycles. The molecule has 0 saturated heterocycles. The Hall–Kier alpha value is -1.55. The van der Waals surface area contributed by atoms with E-state index in [-0.39, 0.29) is 5.91 Å². The van der Waals surface area contributed by atoms with Gasteiger partial charge in [-0.1, -0.05) is 13.3 Å². The van der Waals surface area contributed by atoms with Gasteiger partial charge in [-0.2, -0.15) is 0 Å². The first-order valence-electron chi connectivity index (χ1n) is 6.90. The molecular weight excluding hydrogens is 238 g/mol. The molecule has 0 spiro atoms. The van der Waals surface area contributed by atoms with Crippen LogP contribution in [0.1, 0.15) is 26.2 Å². The number of nitrogens with zero attached hydrogens (tertiary/aromatic N) is 1. The molecule has 0 saturated carbocycles. The standard InChI is InChI=1S/C15H25N3O/c1-4-5-6-15(19)17-14-9-7-13(8-10-14)16-11-12-18(2)3/h7-10,16H,4-6,11-12H2,1-3H3,(H,17,19). The quantitative estimate of drug-likeness (QED) is 0.758. The molecule has 4 nitrogen and oxygen atoms in total. The van der Waals surface area contributed by atoms with E-state index in [4.69, 9.17) is 0 Å². The van der Waals surface area contributed by atoms with Crippen LogP contribution in [0.4, 0.5) is 11.4 Å². The molecule has 1 rings (SSSR count). The number of likely N-dealkylation sites (N-methyl/N-ethyl adjacent to an activating group) is 1. The molecule has 106 valence electrons. The number of hydrogen-bond donors (Lipinski definition) is 2. The Kier molecular flexibility index (Phi) is 6.97. The molecule has 0 radical (unpaired) electrons. The molecule has 0 fully saturated rings. The summed E-state index contributed by atoms with van der Waals surface area (Å²) in [6.45, 7) is 3.99. The van der Waals surface area contributed by atoms with Gasteiger partial charge in [-0.15, -0.1) is 0 Å². The normalized spacial score (nSPS) is 10.5. The van der Waals surface area contributed by atoms with Crippen LogP contribution in [0.5, 0.6) is 0 Å². The highest BCUT2D eigenvalue weighted by Gasteiger charge is 2.01. The minimum absolute atomic E-state index is 0.0927. The maximum absolute atomic E-state index is 11.6. The molecule has 4 heteroatoms. The summed E-state index contributed by atoms with van der Waals surface area (Å²) < 4.78 is 0. The molecule has 0 aliphatic carbocycles. The van der Waals surface area contributed by atoms with E-state index in [2.05, 4.69) is 36.6 Å². The molecular formula is C15H25N3O. The van der Waals surface area contributed by atoms with E-state index in [0.29, 0.717) is 6.42 Å². The van der Waals surface area contributed by atoms with Gasteiger partial charge in [0.05, 0.1) is 0 Å². The second-order valence-corrected chi connectivity index (χ2v) is 4.96. The molecule has 1 aromatic rings. The summed E-state index contributed by atoms with van der Waals surface area (Å²) in [6, 6.07) is 7.85. The van der Waals surface area contributed by atoms with Crippen LogP contribution in [-0.4, -0.2) is 38.0 Å². The molecule has 0 aliphatic heterocycles. The first-order chi connectivity index (χ1) is 9.11. The number of unbranched alkanes of at least 4 members (excludes halogenated alkanes) is 1. The van der Waals surface area contributed by atoms with Crippen LogP contribution in [0.15, 0.2) is 24.3 Å². The SMILES string of the molecule is CCCCC(=O)Nc1ccc(NCCN(C)C)cc1. The van der Waals surface area contributed by atoms with Gasteiger partial charge < -0.3 is 15.5 Å². The van der Waals surface area contributed by atoms with E-state index in [1.54, 1.807) is 0 Å². The fraction of sp³-hybridized carbons (Fsp3) is 0.533. The maximum Gasteiger partial charge on any atom is 0.224 e. The van der Waals surface area contributed by atoms with Crippen molar-refractivity contribution in [3.05, 3.63) is 24.3 Å². The van der Waals surface area contributed by atoms with Crippen molar-refractivity contribution >= 4 is 17.3 Å². The van der Waals surface area contributed by atoms with Crippen LogP contribution in [0, 0.1) is 0 Å². The zero-order valence-electron chi connectivity index (χ0n) is 12.2. The van der Waals surface area contributed by atoms with Crippen LogP contribution in [0.25, 0.3) is 0 Å². The average molecular weight is 263 g/mol.